The summed E-state index contributed by atoms with van der Waals surface area (Å²) in [6.07, 6.45) is -3.16. The Kier molecular flexibility index (Phi) is 7.57. The van der Waals surface area contributed by atoms with E-state index in [-0.39, 0.29) is 11.6 Å². The maximum atomic E-state index is 13.1. The van der Waals surface area contributed by atoms with Gasteiger partial charge in [-0.3, -0.25) is 5.10 Å². The number of aromatic nitrogens is 4. The van der Waals surface area contributed by atoms with Crippen molar-refractivity contribution in [1.29, 1.82) is 0 Å². The lowest BCUT2D eigenvalue weighted by atomic mass is 10.2. The van der Waals surface area contributed by atoms with Crippen molar-refractivity contribution >= 4 is 52.3 Å². The van der Waals surface area contributed by atoms with E-state index in [0.29, 0.717) is 28.8 Å². The van der Waals surface area contributed by atoms with Crippen LogP contribution in [0.5, 0.6) is 5.75 Å². The number of H-pyrrole nitrogens is 1. The van der Waals surface area contributed by atoms with E-state index in [1.807, 2.05) is 13.8 Å². The molecule has 0 aliphatic heterocycles. The van der Waals surface area contributed by atoms with Crippen molar-refractivity contribution in [3.63, 3.8) is 0 Å². The molecule has 2 heterocycles. The van der Waals surface area contributed by atoms with Gasteiger partial charge < -0.3 is 26.0 Å². The summed E-state index contributed by atoms with van der Waals surface area (Å²) < 4.78 is 44.6. The first kappa shape index (κ1) is 26.5. The smallest absolute Gasteiger partial charge is 0.417 e. The van der Waals surface area contributed by atoms with Gasteiger partial charge in [0.2, 0.25) is 5.95 Å². The van der Waals surface area contributed by atoms with Gasteiger partial charge in [-0.15, -0.1) is 0 Å². The first-order valence-electron chi connectivity index (χ1n) is 11.0. The molecule has 0 saturated heterocycles. The highest BCUT2D eigenvalue weighted by Gasteiger charge is 2.33. The Morgan fingerprint density at radius 1 is 1.03 bits per heavy atom. The van der Waals surface area contributed by atoms with E-state index in [4.69, 9.17) is 16.3 Å². The third kappa shape index (κ3) is 6.42. The highest BCUT2D eigenvalue weighted by molar-refractivity contribution is 6.31. The molecule has 14 heteroatoms. The highest BCUT2D eigenvalue weighted by Crippen LogP contribution is 2.36. The number of halogens is 4. The minimum atomic E-state index is -4.65. The predicted molar refractivity (Wildman–Crippen MR) is 139 cm³/mol. The van der Waals surface area contributed by atoms with Crippen molar-refractivity contribution in [2.45, 2.75) is 20.0 Å². The number of anilines is 6. The minimum Gasteiger partial charge on any atom is -0.491 e. The van der Waals surface area contributed by atoms with E-state index in [0.717, 1.165) is 23.4 Å². The normalized spacial score (nSPS) is 11.1. The molecule has 4 aromatic rings. The molecule has 0 spiro atoms. The molecule has 5 N–H and O–H groups in total. The van der Waals surface area contributed by atoms with Crippen LogP contribution >= 0.6 is 11.6 Å². The van der Waals surface area contributed by atoms with Gasteiger partial charge in [0, 0.05) is 28.8 Å². The van der Waals surface area contributed by atoms with Gasteiger partial charge in [0.05, 0.1) is 23.9 Å². The van der Waals surface area contributed by atoms with E-state index in [9.17, 15) is 18.0 Å². The van der Waals surface area contributed by atoms with Crippen LogP contribution in [0.3, 0.4) is 0 Å². The van der Waals surface area contributed by atoms with E-state index in [1.54, 1.807) is 24.3 Å². The number of aromatic amines is 1. The fourth-order valence-electron chi connectivity index (χ4n) is 3.34. The second-order valence-electron chi connectivity index (χ2n) is 8.10. The van der Waals surface area contributed by atoms with Crippen molar-refractivity contribution in [3.05, 3.63) is 70.5 Å². The van der Waals surface area contributed by atoms with Gasteiger partial charge in [-0.2, -0.15) is 23.3 Å². The molecule has 0 bridgehead atoms. The number of urea groups is 1. The Morgan fingerprint density at radius 2 is 1.74 bits per heavy atom. The maximum Gasteiger partial charge on any atom is 0.417 e. The fourth-order valence-corrected chi connectivity index (χ4v) is 3.57. The lowest BCUT2D eigenvalue weighted by Gasteiger charge is -2.14. The lowest BCUT2D eigenvalue weighted by molar-refractivity contribution is -0.137. The third-order valence-electron chi connectivity index (χ3n) is 5.20. The Hall–Kier alpha value is -4.52. The number of rotatable bonds is 7. The zero-order chi connectivity index (χ0) is 27.4. The quantitative estimate of drug-likeness (QED) is 0.176. The molecule has 0 radical (unpaired) electrons. The molecule has 0 saturated carbocycles. The second-order valence-corrected chi connectivity index (χ2v) is 8.51. The number of benzene rings is 2. The molecule has 2 aromatic heterocycles. The first-order valence-corrected chi connectivity index (χ1v) is 11.4. The molecule has 4 rings (SSSR count). The molecule has 10 nitrogen and oxygen atoms in total. The van der Waals surface area contributed by atoms with Gasteiger partial charge in [0.15, 0.2) is 17.4 Å². The van der Waals surface area contributed by atoms with Gasteiger partial charge in [-0.05, 0) is 49.7 Å². The predicted octanol–water partition coefficient (Wildman–Crippen LogP) is 6.63. The lowest BCUT2D eigenvalue weighted by Crippen LogP contribution is -2.20. The maximum absolute atomic E-state index is 13.1. The van der Waals surface area contributed by atoms with Crippen molar-refractivity contribution in [2.75, 3.05) is 28.4 Å². The molecular formula is C24H22ClF3N8O2. The second kappa shape index (κ2) is 10.8. The summed E-state index contributed by atoms with van der Waals surface area (Å²) in [4.78, 5) is 21.2. The first-order chi connectivity index (χ1) is 18.0. The highest BCUT2D eigenvalue weighted by atomic mass is 35.5. The number of aryl methyl sites for hydroxylation is 2. The molecule has 0 aliphatic rings. The summed E-state index contributed by atoms with van der Waals surface area (Å²) in [6.45, 7) is 3.70. The summed E-state index contributed by atoms with van der Waals surface area (Å²) in [6, 6.07) is 9.19. The molecule has 0 atom stereocenters. The average molecular weight is 547 g/mol. The van der Waals surface area contributed by atoms with E-state index >= 15 is 0 Å². The number of amides is 2. The van der Waals surface area contributed by atoms with Gasteiger partial charge in [-0.25, -0.2) is 9.78 Å². The number of nitrogens with zero attached hydrogens (tertiary/aromatic N) is 3. The van der Waals surface area contributed by atoms with Crippen LogP contribution in [-0.2, 0) is 6.18 Å². The van der Waals surface area contributed by atoms with Crippen LogP contribution in [0.15, 0.2) is 48.7 Å². The number of methoxy groups -OCH3 is 1. The zero-order valence-electron chi connectivity index (χ0n) is 20.3. The molecule has 38 heavy (non-hydrogen) atoms. The zero-order valence-corrected chi connectivity index (χ0v) is 21.0. The molecule has 198 valence electrons. The van der Waals surface area contributed by atoms with E-state index in [1.165, 1.54) is 19.4 Å². The minimum absolute atomic E-state index is 0.0662. The SMILES string of the molecule is COc1cnc(Nc2cc(NC(=O)Nc3ccc(Cl)c(C(F)(F)F)c3)ccc2C)nc1Nc1cc(C)[nH]n1. The van der Waals surface area contributed by atoms with Crippen LogP contribution in [0.4, 0.5) is 52.6 Å². The average Bonchev–Trinajstić information content (AvgIpc) is 3.26. The summed E-state index contributed by atoms with van der Waals surface area (Å²) in [5, 5.41) is 17.6. The third-order valence-corrected chi connectivity index (χ3v) is 5.53. The van der Waals surface area contributed by atoms with Crippen LogP contribution in [0.1, 0.15) is 16.8 Å². The summed E-state index contributed by atoms with van der Waals surface area (Å²) in [5.41, 5.74) is 1.53. The molecule has 0 fully saturated rings. The molecular weight excluding hydrogens is 525 g/mol. The molecule has 0 aliphatic carbocycles. The van der Waals surface area contributed by atoms with Crippen LogP contribution in [0.2, 0.25) is 5.02 Å². The summed E-state index contributed by atoms with van der Waals surface area (Å²) in [7, 11) is 1.49. The number of alkyl halides is 3. The van der Waals surface area contributed by atoms with Crippen LogP contribution in [0.25, 0.3) is 0 Å². The number of hydrogen-bond acceptors (Lipinski definition) is 7. The fraction of sp³-hybridized carbons (Fsp3) is 0.167. The van der Waals surface area contributed by atoms with Crippen molar-refractivity contribution in [2.24, 2.45) is 0 Å². The van der Waals surface area contributed by atoms with Crippen LogP contribution < -0.4 is 26.0 Å². The molecule has 0 unspecified atom stereocenters. The van der Waals surface area contributed by atoms with Crippen molar-refractivity contribution < 1.29 is 22.7 Å². The van der Waals surface area contributed by atoms with Gasteiger partial charge in [0.25, 0.3) is 0 Å². The number of carbonyl (C=O) groups is 1. The number of ether oxygens (including phenoxy) is 1. The molecule has 2 amide bonds. The largest absolute Gasteiger partial charge is 0.491 e. The van der Waals surface area contributed by atoms with E-state index < -0.39 is 22.8 Å². The van der Waals surface area contributed by atoms with Gasteiger partial charge in [-0.1, -0.05) is 17.7 Å². The monoisotopic (exact) mass is 546 g/mol. The van der Waals surface area contributed by atoms with Crippen LogP contribution in [-0.4, -0.2) is 33.3 Å². The Balaban J connectivity index is 1.49. The number of hydrogen-bond donors (Lipinski definition) is 5. The standard InChI is InChI=1S/C24H22ClF3N8O2/c1-12-4-5-15(31-23(37)30-14-6-7-17(25)16(9-14)24(26,27)28)10-18(12)32-22-29-11-19(38-3)21(34-22)33-20-8-13(2)35-36-20/h4-11H,1-3H3,(H2,30,31,37)(H3,29,32,33,34,35,36). The van der Waals surface area contributed by atoms with Crippen molar-refractivity contribution in [1.82, 2.24) is 20.2 Å². The summed E-state index contributed by atoms with van der Waals surface area (Å²) >= 11 is 5.63. The Bertz CT molecular complexity index is 1480. The Labute approximate surface area is 220 Å². The molecule has 2 aromatic carbocycles. The van der Waals surface area contributed by atoms with Crippen LogP contribution in [0, 0.1) is 13.8 Å². The number of carbonyl (C=O) groups excluding carboxylic acids is 1. The summed E-state index contributed by atoms with van der Waals surface area (Å²) in [5.74, 6) is 1.56. The van der Waals surface area contributed by atoms with E-state index in [2.05, 4.69) is 41.4 Å². The Morgan fingerprint density at radius 3 is 2.39 bits per heavy atom. The van der Waals surface area contributed by atoms with Crippen molar-refractivity contribution in [3.8, 4) is 5.75 Å². The van der Waals surface area contributed by atoms with Gasteiger partial charge in [0.1, 0.15) is 0 Å². The topological polar surface area (TPSA) is 129 Å². The number of nitrogens with one attached hydrogen (secondary N) is 5. The van der Waals surface area contributed by atoms with Gasteiger partial charge >= 0.3 is 12.2 Å².